The Hall–Kier alpha value is -6.17. The number of Topliss-reactive ketones (excluding diaryl/α,β-unsaturated/α-hetero) is 1. The Morgan fingerprint density at radius 3 is 2.34 bits per heavy atom. The van der Waals surface area contributed by atoms with Gasteiger partial charge in [-0.05, 0) is 110 Å². The van der Waals surface area contributed by atoms with E-state index in [-0.39, 0.29) is 83.8 Å². The lowest BCUT2D eigenvalue weighted by Crippen LogP contribution is -2.79. The van der Waals surface area contributed by atoms with Crippen molar-refractivity contribution in [3.8, 4) is 29.1 Å². The van der Waals surface area contributed by atoms with E-state index >= 15 is 4.79 Å². The van der Waals surface area contributed by atoms with Gasteiger partial charge in [0.1, 0.15) is 59.0 Å². The molecule has 4 heterocycles. The van der Waals surface area contributed by atoms with Gasteiger partial charge < -0.3 is 65.4 Å². The maximum absolute atomic E-state index is 15.3. The molecular formula is C56H68N4O14. The summed E-state index contributed by atoms with van der Waals surface area (Å²) < 4.78 is 32.6. The number of aliphatic hydroxyl groups is 6. The number of esters is 1. The predicted octanol–water partition coefficient (Wildman–Crippen LogP) is 4.52. The van der Waals surface area contributed by atoms with Gasteiger partial charge in [0.05, 0.1) is 41.7 Å². The van der Waals surface area contributed by atoms with E-state index < -0.39 is 95.4 Å². The van der Waals surface area contributed by atoms with E-state index in [0.717, 1.165) is 11.1 Å². The van der Waals surface area contributed by atoms with Crippen molar-refractivity contribution < 1.29 is 68.7 Å². The van der Waals surface area contributed by atoms with Crippen LogP contribution in [-0.2, 0) is 20.7 Å². The van der Waals surface area contributed by atoms with Gasteiger partial charge in [0.25, 0.3) is 0 Å². The van der Waals surface area contributed by atoms with Crippen LogP contribution in [-0.4, -0.2) is 121 Å². The number of carbonyl (C=O) groups excluding carboxylic acids is 3. The Morgan fingerprint density at radius 1 is 1.00 bits per heavy atom. The summed E-state index contributed by atoms with van der Waals surface area (Å²) in [5.74, 6) is -5.24. The van der Waals surface area contributed by atoms with Gasteiger partial charge in [-0.3, -0.25) is 9.59 Å². The number of amidine groups is 1. The second kappa shape index (κ2) is 20.9. The zero-order valence-corrected chi connectivity index (χ0v) is 43.0. The maximum Gasteiger partial charge on any atom is 0.343 e. The molecule has 0 aromatic heterocycles. The van der Waals surface area contributed by atoms with E-state index in [1.54, 1.807) is 6.92 Å². The highest BCUT2D eigenvalue weighted by atomic mass is 16.7. The third kappa shape index (κ3) is 9.26. The van der Waals surface area contributed by atoms with Crippen LogP contribution in [0.3, 0.4) is 0 Å². The van der Waals surface area contributed by atoms with Gasteiger partial charge in [0, 0.05) is 47.4 Å². The molecular weight excluding hydrogens is 953 g/mol. The molecule has 1 saturated heterocycles. The number of fused-ring (bicyclic) bond motifs is 5. The van der Waals surface area contributed by atoms with Gasteiger partial charge in [-0.2, -0.15) is 5.26 Å². The molecule has 12 atom stereocenters. The molecule has 4 aliphatic heterocycles. The number of aliphatic imine (C=N–C) groups is 1. The molecule has 18 heteroatoms. The van der Waals surface area contributed by atoms with Crippen molar-refractivity contribution in [2.45, 2.75) is 135 Å². The Kier molecular flexibility index (Phi) is 15.3. The number of nitrogens with zero attached hydrogens (tertiary/aromatic N) is 2. The first kappa shape index (κ1) is 54.1. The summed E-state index contributed by atoms with van der Waals surface area (Å²) in [6.45, 7) is 14.4. The summed E-state index contributed by atoms with van der Waals surface area (Å²) in [5.41, 5.74) is 5.60. The molecule has 2 bridgehead atoms. The highest BCUT2D eigenvalue weighted by molar-refractivity contribution is 6.05. The molecule has 1 amide bonds. The quantitative estimate of drug-likeness (QED) is 0.0496. The normalized spacial score (nSPS) is 31.4. The Labute approximate surface area is 430 Å². The summed E-state index contributed by atoms with van der Waals surface area (Å²) >= 11 is 0. The molecule has 396 valence electrons. The standard InChI is InChI=1S/C56H68N4O14/c1-27(2)10-9-19-54(8)20-18-34-46(73-54)33(16-11-28(3)4)48-40(47(34)72-52(68)31-12-14-32(15-13-31)70-53-45(65)44(64)43(63)38(26-62)71-53)42-41-39(36(25-57)50(58)60-42)35-24-37(29(5)6)56(41,74-48)55(69,49(35)66)21-17-30(7)51(67)59-22-23-61/h10-15,17-18,20,29,35-39,43-45,53,61-65,69H,9,16,19,21-24,26H2,1-8H3,(H2,58,60)(H,59,67)/t35?,36?,37?,38-,39?,43-,44+,45-,53-,54?,55?,56?/m1/s1. The van der Waals surface area contributed by atoms with Gasteiger partial charge in [-0.1, -0.05) is 43.2 Å². The molecule has 7 unspecified atom stereocenters. The van der Waals surface area contributed by atoms with Crippen molar-refractivity contribution in [2.75, 3.05) is 19.8 Å². The molecule has 18 nitrogen and oxygen atoms in total. The average molecular weight is 1020 g/mol. The monoisotopic (exact) mass is 1020 g/mol. The van der Waals surface area contributed by atoms with Crippen LogP contribution in [0.5, 0.6) is 23.0 Å². The number of ketones is 1. The van der Waals surface area contributed by atoms with Crippen molar-refractivity contribution in [3.63, 3.8) is 0 Å². The van der Waals surface area contributed by atoms with Crippen LogP contribution in [0.2, 0.25) is 0 Å². The number of carbonyl (C=O) groups is 3. The maximum atomic E-state index is 15.3. The molecule has 2 aromatic rings. The van der Waals surface area contributed by atoms with Gasteiger partial charge in [0.2, 0.25) is 12.2 Å². The summed E-state index contributed by atoms with van der Waals surface area (Å²) in [6, 6.07) is 7.95. The van der Waals surface area contributed by atoms with Crippen LogP contribution in [0.25, 0.3) is 11.8 Å². The highest BCUT2D eigenvalue weighted by Crippen LogP contribution is 2.69. The predicted molar refractivity (Wildman–Crippen MR) is 271 cm³/mol. The van der Waals surface area contributed by atoms with Crippen LogP contribution < -0.4 is 30.0 Å². The molecule has 4 fully saturated rings. The SMILES string of the molecule is CC(C)=CCCC1(C)C=Cc2c(c(CC=C(C)C)c3c(c2OC(=O)c2ccc(O[C@@H]4O[C@H](CO)[C@@H](O)[C@H](O)[C@H]4O)cc2)C2=C4C(C(C#N)C(N)=N2)C2CC(C(C)C)C4(O3)C(O)(CC=C(C)C(=O)NCCO)C2=O)O1. The first-order chi connectivity index (χ1) is 35.1. The van der Waals surface area contributed by atoms with E-state index in [2.05, 4.69) is 17.5 Å². The minimum atomic E-state index is -2.35. The largest absolute Gasteiger partial charge is 0.482 e. The number of hydrogen-bond donors (Lipinski definition) is 8. The van der Waals surface area contributed by atoms with Crippen molar-refractivity contribution in [1.82, 2.24) is 5.32 Å². The number of rotatable bonds is 16. The Balaban J connectivity index is 1.35. The number of amides is 1. The number of ether oxygens (including phenoxy) is 5. The smallest absolute Gasteiger partial charge is 0.343 e. The van der Waals surface area contributed by atoms with Gasteiger partial charge in [0.15, 0.2) is 22.7 Å². The van der Waals surface area contributed by atoms with Gasteiger partial charge in [-0.25, -0.2) is 9.79 Å². The highest BCUT2D eigenvalue weighted by Gasteiger charge is 2.77. The topological polar surface area (TPSA) is 293 Å². The first-order valence-corrected chi connectivity index (χ1v) is 25.2. The van der Waals surface area contributed by atoms with Crippen molar-refractivity contribution in [2.24, 2.45) is 40.3 Å². The fourth-order valence-corrected chi connectivity index (χ4v) is 11.5. The van der Waals surface area contributed by atoms with Crippen LogP contribution in [0.4, 0.5) is 0 Å². The third-order valence-corrected chi connectivity index (χ3v) is 15.4. The zero-order valence-electron chi connectivity index (χ0n) is 43.0. The first-order valence-electron chi connectivity index (χ1n) is 25.2. The molecule has 3 aliphatic carbocycles. The molecule has 9 N–H and O–H groups in total. The lowest BCUT2D eigenvalue weighted by atomic mass is 9.43. The van der Waals surface area contributed by atoms with Crippen LogP contribution in [0.1, 0.15) is 108 Å². The van der Waals surface area contributed by atoms with Crippen LogP contribution in [0.15, 0.2) is 75.9 Å². The van der Waals surface area contributed by atoms with E-state index in [9.17, 15) is 45.5 Å². The van der Waals surface area contributed by atoms with E-state index in [1.165, 1.54) is 30.3 Å². The fraction of sp³-hybridized carbons (Fsp3) is 0.518. The summed E-state index contributed by atoms with van der Waals surface area (Å²) in [4.78, 5) is 48.2. The summed E-state index contributed by atoms with van der Waals surface area (Å²) in [6.07, 6.45) is 3.01. The number of aliphatic hydroxyl groups excluding tert-OH is 5. The number of hydrogen-bond acceptors (Lipinski definition) is 17. The number of nitrogens with one attached hydrogen (secondary N) is 1. The van der Waals surface area contributed by atoms with E-state index in [1.807, 2.05) is 66.7 Å². The third-order valence-electron chi connectivity index (χ3n) is 15.4. The lowest BCUT2D eigenvalue weighted by Gasteiger charge is -2.66. The van der Waals surface area contributed by atoms with E-state index in [4.69, 9.17) is 34.4 Å². The zero-order chi connectivity index (χ0) is 53.8. The minimum absolute atomic E-state index is 0.0103. The Morgan fingerprint density at radius 2 is 1.70 bits per heavy atom. The second-order valence-electron chi connectivity index (χ2n) is 21.3. The number of nitriles is 1. The summed E-state index contributed by atoms with van der Waals surface area (Å²) in [5, 5.41) is 77.3. The lowest BCUT2D eigenvalue weighted by molar-refractivity contribution is -0.277. The molecule has 2 aromatic carbocycles. The molecule has 0 radical (unpaired) electrons. The average Bonchev–Trinajstić information content (AvgIpc) is 3.37. The van der Waals surface area contributed by atoms with Crippen LogP contribution in [0, 0.1) is 40.9 Å². The van der Waals surface area contributed by atoms with Gasteiger partial charge >= 0.3 is 5.97 Å². The minimum Gasteiger partial charge on any atom is -0.482 e. The molecule has 7 aliphatic rings. The van der Waals surface area contributed by atoms with Crippen molar-refractivity contribution in [1.29, 1.82) is 5.26 Å². The van der Waals surface area contributed by atoms with E-state index in [0.29, 0.717) is 35.3 Å². The van der Waals surface area contributed by atoms with Gasteiger partial charge in [-0.15, -0.1) is 0 Å². The molecule has 1 spiro atoms. The molecule has 74 heavy (non-hydrogen) atoms. The fourth-order valence-electron chi connectivity index (χ4n) is 11.5. The van der Waals surface area contributed by atoms with Crippen LogP contribution >= 0.6 is 0 Å². The summed E-state index contributed by atoms with van der Waals surface area (Å²) in [7, 11) is 0. The second-order valence-corrected chi connectivity index (χ2v) is 21.3. The number of nitrogens with two attached hydrogens (primary N) is 1. The van der Waals surface area contributed by atoms with Crippen molar-refractivity contribution >= 4 is 35.3 Å². The number of allylic oxidation sites excluding steroid dienone is 4. The molecule has 3 saturated carbocycles. The number of benzene rings is 2. The molecule has 9 rings (SSSR count). The van der Waals surface area contributed by atoms with Crippen molar-refractivity contribution in [3.05, 3.63) is 93.1 Å². The Bertz CT molecular complexity index is 2810.